The van der Waals surface area contributed by atoms with Crippen LogP contribution in [0.15, 0.2) is 18.2 Å². The molecular formula is C12H14FeN2O. The number of nitrogens with two attached hydrogens (primary N) is 1. The number of anilines is 2. The summed E-state index contributed by atoms with van der Waals surface area (Å²) in [5.74, 6) is 0.958. The Labute approximate surface area is 105 Å². The van der Waals surface area contributed by atoms with E-state index >= 15 is 0 Å². The van der Waals surface area contributed by atoms with Crippen LogP contribution in [0.2, 0.25) is 0 Å². The number of carbonyl (C=O) groups is 1. The molecule has 0 aromatic heterocycles. The fourth-order valence-electron chi connectivity index (χ4n) is 2.16. The van der Waals surface area contributed by atoms with Crippen molar-refractivity contribution in [2.45, 2.75) is 19.3 Å². The smallest absolute Gasteiger partial charge is 0.231 e. The van der Waals surface area contributed by atoms with Crippen LogP contribution in [0.4, 0.5) is 11.4 Å². The third-order valence-corrected chi connectivity index (χ3v) is 3.17. The summed E-state index contributed by atoms with van der Waals surface area (Å²) in [6.45, 7) is 0.899. The molecule has 3 nitrogen and oxygen atoms in total. The molecule has 1 aliphatic carbocycles. The molecular weight excluding hydrogens is 244 g/mol. The second kappa shape index (κ2) is 4.11. The first-order valence-corrected chi connectivity index (χ1v) is 5.43. The third-order valence-electron chi connectivity index (χ3n) is 3.17. The van der Waals surface area contributed by atoms with Crippen molar-refractivity contribution in [2.75, 3.05) is 17.2 Å². The Bertz CT molecular complexity index is 429. The summed E-state index contributed by atoms with van der Waals surface area (Å²) >= 11 is 0. The number of fused-ring (bicyclic) bond motifs is 1. The Hall–Kier alpha value is -0.991. The Balaban J connectivity index is 0.000000963. The summed E-state index contributed by atoms with van der Waals surface area (Å²) in [6.07, 6.45) is 3.06. The number of hydrogen-bond donors (Lipinski definition) is 1. The number of nitrogen functional groups attached to an aromatic ring is 1. The van der Waals surface area contributed by atoms with E-state index in [2.05, 4.69) is 0 Å². The van der Waals surface area contributed by atoms with E-state index in [1.54, 1.807) is 0 Å². The fourth-order valence-corrected chi connectivity index (χ4v) is 2.16. The minimum absolute atomic E-state index is 0. The summed E-state index contributed by atoms with van der Waals surface area (Å²) in [5, 5.41) is 0. The second-order valence-electron chi connectivity index (χ2n) is 4.51. The molecule has 3 rings (SSSR count). The van der Waals surface area contributed by atoms with E-state index in [0.717, 1.165) is 29.4 Å². The van der Waals surface area contributed by atoms with Crippen molar-refractivity contribution in [1.82, 2.24) is 0 Å². The second-order valence-corrected chi connectivity index (χ2v) is 4.51. The van der Waals surface area contributed by atoms with E-state index < -0.39 is 0 Å². The number of rotatable bonds is 2. The monoisotopic (exact) mass is 258 g/mol. The van der Waals surface area contributed by atoms with Crippen LogP contribution >= 0.6 is 0 Å². The number of hydrogen-bond acceptors (Lipinski definition) is 2. The molecule has 1 fully saturated rings. The van der Waals surface area contributed by atoms with E-state index in [9.17, 15) is 4.79 Å². The van der Waals surface area contributed by atoms with Gasteiger partial charge in [-0.15, -0.1) is 0 Å². The predicted molar refractivity (Wildman–Crippen MR) is 59.6 cm³/mol. The van der Waals surface area contributed by atoms with Gasteiger partial charge in [0.2, 0.25) is 5.91 Å². The van der Waals surface area contributed by atoms with Gasteiger partial charge in [0.15, 0.2) is 0 Å². The van der Waals surface area contributed by atoms with Crippen LogP contribution < -0.4 is 10.6 Å². The first kappa shape index (κ1) is 11.5. The molecule has 2 aliphatic rings. The summed E-state index contributed by atoms with van der Waals surface area (Å²) in [6, 6.07) is 5.76. The molecule has 0 atom stereocenters. The van der Waals surface area contributed by atoms with Gasteiger partial charge in [-0.2, -0.15) is 0 Å². The average molecular weight is 258 g/mol. The van der Waals surface area contributed by atoms with Gasteiger partial charge >= 0.3 is 0 Å². The van der Waals surface area contributed by atoms with Crippen molar-refractivity contribution in [3.8, 4) is 0 Å². The van der Waals surface area contributed by atoms with Gasteiger partial charge in [0.05, 0.1) is 6.42 Å². The molecule has 0 spiro atoms. The molecule has 0 saturated heterocycles. The van der Waals surface area contributed by atoms with Crippen molar-refractivity contribution in [3.63, 3.8) is 0 Å². The zero-order valence-corrected chi connectivity index (χ0v) is 10.0. The molecule has 1 aromatic carbocycles. The molecule has 1 saturated carbocycles. The minimum atomic E-state index is 0. The van der Waals surface area contributed by atoms with Gasteiger partial charge in [0.1, 0.15) is 0 Å². The molecule has 1 aromatic rings. The van der Waals surface area contributed by atoms with Crippen LogP contribution in [0.5, 0.6) is 0 Å². The van der Waals surface area contributed by atoms with Crippen LogP contribution in [-0.2, 0) is 28.3 Å². The van der Waals surface area contributed by atoms with E-state index in [-0.39, 0.29) is 23.0 Å². The van der Waals surface area contributed by atoms with Crippen LogP contribution in [0.25, 0.3) is 0 Å². The van der Waals surface area contributed by atoms with Gasteiger partial charge < -0.3 is 10.6 Å². The van der Waals surface area contributed by atoms with E-state index in [0.29, 0.717) is 6.42 Å². The third kappa shape index (κ3) is 1.95. The summed E-state index contributed by atoms with van der Waals surface area (Å²) in [7, 11) is 0. The number of amides is 1. The zero-order valence-electron chi connectivity index (χ0n) is 8.92. The molecule has 1 heterocycles. The van der Waals surface area contributed by atoms with Crippen molar-refractivity contribution >= 4 is 17.3 Å². The quantitative estimate of drug-likeness (QED) is 0.646. The minimum Gasteiger partial charge on any atom is -0.399 e. The number of benzene rings is 1. The molecule has 0 bridgehead atoms. The van der Waals surface area contributed by atoms with Gasteiger partial charge in [-0.25, -0.2) is 0 Å². The van der Waals surface area contributed by atoms with E-state index in [4.69, 9.17) is 5.73 Å². The van der Waals surface area contributed by atoms with E-state index in [1.165, 1.54) is 12.8 Å². The van der Waals surface area contributed by atoms with Crippen molar-refractivity contribution < 1.29 is 21.9 Å². The van der Waals surface area contributed by atoms with Crippen molar-refractivity contribution in [3.05, 3.63) is 23.8 Å². The van der Waals surface area contributed by atoms with Gasteiger partial charge in [-0.05, 0) is 42.5 Å². The standard InChI is InChI=1S/C12H14N2O.Fe/c13-10-3-4-11-9(5-10)6-12(15)14(11)7-8-1-2-8;/h3-5,8H,1-2,6-7,13H2;. The van der Waals surface area contributed by atoms with Crippen molar-refractivity contribution in [1.29, 1.82) is 0 Å². The average Bonchev–Trinajstić information content (AvgIpc) is 2.93. The molecule has 1 aliphatic heterocycles. The zero-order chi connectivity index (χ0) is 10.4. The summed E-state index contributed by atoms with van der Waals surface area (Å²) in [5.41, 5.74) is 8.61. The first-order valence-electron chi connectivity index (χ1n) is 5.43. The van der Waals surface area contributed by atoms with Crippen LogP contribution in [0.1, 0.15) is 18.4 Å². The first-order chi connectivity index (χ1) is 7.24. The Morgan fingerprint density at radius 2 is 2.12 bits per heavy atom. The largest absolute Gasteiger partial charge is 0.399 e. The molecule has 4 heteroatoms. The normalized spacial score (nSPS) is 18.2. The molecule has 86 valence electrons. The Morgan fingerprint density at radius 1 is 1.38 bits per heavy atom. The Morgan fingerprint density at radius 3 is 2.81 bits per heavy atom. The maximum Gasteiger partial charge on any atom is 0.231 e. The molecule has 16 heavy (non-hydrogen) atoms. The van der Waals surface area contributed by atoms with Gasteiger partial charge in [-0.3, -0.25) is 4.79 Å². The van der Waals surface area contributed by atoms with Crippen LogP contribution in [-0.4, -0.2) is 12.5 Å². The van der Waals surface area contributed by atoms with Crippen LogP contribution in [0, 0.1) is 5.92 Å². The van der Waals surface area contributed by atoms with Crippen LogP contribution in [0.3, 0.4) is 0 Å². The molecule has 2 N–H and O–H groups in total. The molecule has 1 amide bonds. The Kier molecular flexibility index (Phi) is 2.95. The summed E-state index contributed by atoms with van der Waals surface area (Å²) < 4.78 is 0. The molecule has 0 radical (unpaired) electrons. The topological polar surface area (TPSA) is 46.3 Å². The maximum absolute atomic E-state index is 11.8. The van der Waals surface area contributed by atoms with E-state index in [1.807, 2.05) is 23.1 Å². The molecule has 0 unspecified atom stereocenters. The number of carbonyl (C=O) groups excluding carboxylic acids is 1. The van der Waals surface area contributed by atoms with Gasteiger partial charge in [0, 0.05) is 35.0 Å². The summed E-state index contributed by atoms with van der Waals surface area (Å²) in [4.78, 5) is 13.7. The predicted octanol–water partition coefficient (Wildman–Crippen LogP) is 1.57. The maximum atomic E-state index is 11.8. The van der Waals surface area contributed by atoms with Crippen molar-refractivity contribution in [2.24, 2.45) is 5.92 Å². The fraction of sp³-hybridized carbons (Fsp3) is 0.417. The van der Waals surface area contributed by atoms with Gasteiger partial charge in [-0.1, -0.05) is 0 Å². The number of nitrogens with zero attached hydrogens (tertiary/aromatic N) is 1. The SMILES string of the molecule is Nc1ccc2c(c1)CC(=O)N2CC1CC1.[Fe]. The van der Waals surface area contributed by atoms with Gasteiger partial charge in [0.25, 0.3) is 0 Å².